The molecule has 1 fully saturated rings. The van der Waals surface area contributed by atoms with Gasteiger partial charge in [-0.1, -0.05) is 79.7 Å². The highest BCUT2D eigenvalue weighted by molar-refractivity contribution is 8.01. The van der Waals surface area contributed by atoms with Crippen molar-refractivity contribution < 1.29 is 4.79 Å². The van der Waals surface area contributed by atoms with Gasteiger partial charge in [0, 0.05) is 31.6 Å². The fraction of sp³-hybridized carbons (Fsp3) is 0.344. The van der Waals surface area contributed by atoms with Crippen molar-refractivity contribution in [3.8, 4) is 0 Å². The molecule has 202 valence electrons. The molecule has 0 radical (unpaired) electrons. The average molecular weight is 540 g/mol. The predicted octanol–water partition coefficient (Wildman–Crippen LogP) is 6.23. The lowest BCUT2D eigenvalue weighted by Crippen LogP contribution is -2.49. The van der Waals surface area contributed by atoms with Crippen molar-refractivity contribution in [2.24, 2.45) is 0 Å². The number of nitrogens with zero attached hydrogens (tertiary/aromatic N) is 3. The Morgan fingerprint density at radius 3 is 2.00 bits per heavy atom. The molecule has 0 atom stereocenters. The minimum Gasteiger partial charge on any atom is -0.362 e. The van der Waals surface area contributed by atoms with Crippen LogP contribution in [0.2, 0.25) is 0 Å². The van der Waals surface area contributed by atoms with Gasteiger partial charge in [-0.05, 0) is 54.7 Å². The highest BCUT2D eigenvalue weighted by Gasteiger charge is 2.43. The topological polar surface area (TPSA) is 70.2 Å². The van der Waals surface area contributed by atoms with Crippen LogP contribution in [0.3, 0.4) is 0 Å². The molecule has 3 aromatic carbocycles. The second-order valence-electron chi connectivity index (χ2n) is 10.3. The van der Waals surface area contributed by atoms with Crippen LogP contribution in [-0.2, 0) is 9.54 Å². The number of aromatic nitrogens is 2. The maximum atomic E-state index is 14.2. The summed E-state index contributed by atoms with van der Waals surface area (Å²) in [6.07, 6.45) is 3.72. The lowest BCUT2D eigenvalue weighted by molar-refractivity contribution is -0.123. The van der Waals surface area contributed by atoms with Gasteiger partial charge in [0.2, 0.25) is 11.9 Å². The van der Waals surface area contributed by atoms with Crippen LogP contribution in [0.25, 0.3) is 10.9 Å². The molecule has 7 heteroatoms. The Bertz CT molecular complexity index is 1350. The van der Waals surface area contributed by atoms with Gasteiger partial charge in [0.05, 0.1) is 5.52 Å². The second kappa shape index (κ2) is 12.1. The minimum absolute atomic E-state index is 0.0663. The zero-order chi connectivity index (χ0) is 27.2. The molecule has 2 N–H and O–H groups in total. The van der Waals surface area contributed by atoms with Crippen LogP contribution in [0.5, 0.6) is 0 Å². The highest BCUT2D eigenvalue weighted by Crippen LogP contribution is 2.43. The van der Waals surface area contributed by atoms with E-state index in [-0.39, 0.29) is 18.0 Å². The minimum atomic E-state index is -0.784. The Morgan fingerprint density at radius 2 is 1.41 bits per heavy atom. The van der Waals surface area contributed by atoms with E-state index in [1.165, 1.54) is 0 Å². The summed E-state index contributed by atoms with van der Waals surface area (Å²) in [5.74, 6) is 2.47. The summed E-state index contributed by atoms with van der Waals surface area (Å²) in [6, 6.07) is 28.9. The van der Waals surface area contributed by atoms with Crippen molar-refractivity contribution >= 4 is 40.3 Å². The van der Waals surface area contributed by atoms with E-state index in [0.29, 0.717) is 5.95 Å². The Balaban J connectivity index is 1.30. The number of thioether (sulfide) groups is 1. The van der Waals surface area contributed by atoms with Crippen LogP contribution in [0.1, 0.15) is 43.7 Å². The number of hydrogen-bond donors (Lipinski definition) is 2. The van der Waals surface area contributed by atoms with Crippen LogP contribution in [0, 0.1) is 0 Å². The summed E-state index contributed by atoms with van der Waals surface area (Å²) in [5, 5.41) is 8.07. The van der Waals surface area contributed by atoms with Gasteiger partial charge in [-0.3, -0.25) is 4.79 Å². The largest absolute Gasteiger partial charge is 0.362 e. The zero-order valence-corrected chi connectivity index (χ0v) is 23.7. The normalized spacial score (nSPS) is 17.5. The number of hydrogen-bond acceptors (Lipinski definition) is 6. The van der Waals surface area contributed by atoms with Gasteiger partial charge in [0.1, 0.15) is 10.6 Å². The fourth-order valence-electron chi connectivity index (χ4n) is 5.54. The Kier molecular flexibility index (Phi) is 8.36. The molecule has 0 spiro atoms. The van der Waals surface area contributed by atoms with E-state index in [2.05, 4.69) is 47.9 Å². The monoisotopic (exact) mass is 539 g/mol. The van der Waals surface area contributed by atoms with Gasteiger partial charge >= 0.3 is 0 Å². The number of benzene rings is 3. The van der Waals surface area contributed by atoms with E-state index in [4.69, 9.17) is 9.97 Å². The molecule has 1 saturated carbocycles. The molecule has 1 aromatic heterocycles. The average Bonchev–Trinajstić information content (AvgIpc) is 2.97. The third-order valence-electron chi connectivity index (χ3n) is 7.44. The number of amides is 1. The first-order valence-corrected chi connectivity index (χ1v) is 14.8. The van der Waals surface area contributed by atoms with Crippen molar-refractivity contribution in [1.29, 1.82) is 0 Å². The molecule has 0 aliphatic heterocycles. The van der Waals surface area contributed by atoms with Crippen LogP contribution in [-0.4, -0.2) is 47.8 Å². The van der Waals surface area contributed by atoms with Gasteiger partial charge in [-0.2, -0.15) is 4.98 Å². The standard InChI is InChI=1S/C32H37N5OS/c1-4-39-32(23-13-7-5-8-14-23,24-15-9-6-10-16-24)30(38)33-25-19-21-26(22-20-25)34-31-35-28-18-12-11-17-27(28)29(36-31)37(2)3/h5-18,25-26H,4,19-22H2,1-3H3,(H,33,38)(H,34,35,36). The Labute approximate surface area is 235 Å². The van der Waals surface area contributed by atoms with Gasteiger partial charge in [0.15, 0.2) is 0 Å². The first kappa shape index (κ1) is 27.0. The van der Waals surface area contributed by atoms with Crippen LogP contribution in [0.15, 0.2) is 84.9 Å². The number of anilines is 2. The molecule has 6 nitrogen and oxygen atoms in total. The van der Waals surface area contributed by atoms with E-state index in [0.717, 1.165) is 59.3 Å². The molecular weight excluding hydrogens is 502 g/mol. The van der Waals surface area contributed by atoms with Crippen molar-refractivity contribution in [3.63, 3.8) is 0 Å². The van der Waals surface area contributed by atoms with E-state index in [1.54, 1.807) is 11.8 Å². The highest BCUT2D eigenvalue weighted by atomic mass is 32.2. The van der Waals surface area contributed by atoms with Gasteiger partial charge in [-0.15, -0.1) is 11.8 Å². The van der Waals surface area contributed by atoms with Crippen LogP contribution < -0.4 is 15.5 Å². The lowest BCUT2D eigenvalue weighted by atomic mass is 9.87. The third-order valence-corrected chi connectivity index (χ3v) is 8.82. The number of carbonyl (C=O) groups excluding carboxylic acids is 1. The van der Waals surface area contributed by atoms with Crippen molar-refractivity contribution in [1.82, 2.24) is 15.3 Å². The summed E-state index contributed by atoms with van der Waals surface area (Å²) >= 11 is 1.69. The molecule has 4 aromatic rings. The number of carbonyl (C=O) groups is 1. The number of fused-ring (bicyclic) bond motifs is 1. The first-order valence-electron chi connectivity index (χ1n) is 13.8. The summed E-state index contributed by atoms with van der Waals surface area (Å²) < 4.78 is -0.784. The van der Waals surface area contributed by atoms with E-state index in [1.807, 2.05) is 73.6 Å². The summed E-state index contributed by atoms with van der Waals surface area (Å²) in [4.78, 5) is 25.8. The molecule has 1 amide bonds. The quantitative estimate of drug-likeness (QED) is 0.263. The molecular formula is C32H37N5OS. The summed E-state index contributed by atoms with van der Waals surface area (Å²) in [7, 11) is 4.02. The summed E-state index contributed by atoms with van der Waals surface area (Å²) in [5.41, 5.74) is 2.97. The summed E-state index contributed by atoms with van der Waals surface area (Å²) in [6.45, 7) is 2.12. The third kappa shape index (κ3) is 5.74. The van der Waals surface area contributed by atoms with Crippen molar-refractivity contribution in [3.05, 3.63) is 96.1 Å². The van der Waals surface area contributed by atoms with Gasteiger partial charge in [0.25, 0.3) is 0 Å². The van der Waals surface area contributed by atoms with Crippen LogP contribution >= 0.6 is 11.8 Å². The first-order chi connectivity index (χ1) is 19.0. The molecule has 1 heterocycles. The molecule has 5 rings (SSSR count). The molecule has 39 heavy (non-hydrogen) atoms. The SMILES string of the molecule is CCSC(C(=O)NC1CCC(Nc2nc(N(C)C)c3ccccc3n2)CC1)(c1ccccc1)c1ccccc1. The maximum Gasteiger partial charge on any atom is 0.245 e. The maximum absolute atomic E-state index is 14.2. The molecule has 0 unspecified atom stereocenters. The number of nitrogens with one attached hydrogen (secondary N) is 2. The molecule has 1 aliphatic carbocycles. The number of para-hydroxylation sites is 1. The van der Waals surface area contributed by atoms with Gasteiger partial charge < -0.3 is 15.5 Å². The van der Waals surface area contributed by atoms with Crippen molar-refractivity contribution in [2.75, 3.05) is 30.1 Å². The van der Waals surface area contributed by atoms with E-state index in [9.17, 15) is 4.79 Å². The van der Waals surface area contributed by atoms with Crippen LogP contribution in [0.4, 0.5) is 11.8 Å². The van der Waals surface area contributed by atoms with E-state index >= 15 is 0 Å². The molecule has 0 bridgehead atoms. The van der Waals surface area contributed by atoms with Crippen molar-refractivity contribution in [2.45, 2.75) is 49.4 Å². The van der Waals surface area contributed by atoms with Gasteiger partial charge in [-0.25, -0.2) is 4.98 Å². The second-order valence-corrected chi connectivity index (χ2v) is 11.8. The smallest absolute Gasteiger partial charge is 0.245 e. The predicted molar refractivity (Wildman–Crippen MR) is 163 cm³/mol. The number of rotatable bonds is 9. The fourth-order valence-corrected chi connectivity index (χ4v) is 6.77. The molecule has 1 aliphatic rings. The Morgan fingerprint density at radius 1 is 0.846 bits per heavy atom. The molecule has 0 saturated heterocycles. The lowest BCUT2D eigenvalue weighted by Gasteiger charge is -2.36. The van der Waals surface area contributed by atoms with E-state index < -0.39 is 4.75 Å². The zero-order valence-electron chi connectivity index (χ0n) is 22.9. The Hall–Kier alpha value is -3.58.